The fourth-order valence-corrected chi connectivity index (χ4v) is 5.49. The summed E-state index contributed by atoms with van der Waals surface area (Å²) in [5, 5.41) is 6.14. The number of urea groups is 1. The molecule has 1 saturated carbocycles. The van der Waals surface area contributed by atoms with Crippen LogP contribution in [-0.4, -0.2) is 66.9 Å². The second-order valence-corrected chi connectivity index (χ2v) is 9.46. The lowest BCUT2D eigenvalue weighted by Gasteiger charge is -2.52. The third kappa shape index (κ3) is 4.94. The third-order valence-electron chi connectivity index (χ3n) is 7.39. The maximum absolute atomic E-state index is 12.8. The molecule has 1 aliphatic carbocycles. The number of hydrogen-bond donors (Lipinski definition) is 2. The van der Waals surface area contributed by atoms with Gasteiger partial charge in [0.2, 0.25) is 5.91 Å². The van der Waals surface area contributed by atoms with E-state index in [1.165, 1.54) is 5.56 Å². The summed E-state index contributed by atoms with van der Waals surface area (Å²) in [6.07, 6.45) is 5.59. The number of piperidine rings is 1. The minimum atomic E-state index is -0.589. The van der Waals surface area contributed by atoms with Crippen molar-refractivity contribution in [3.8, 4) is 0 Å². The van der Waals surface area contributed by atoms with E-state index in [1.54, 1.807) is 6.92 Å². The molecule has 0 bridgehead atoms. The summed E-state index contributed by atoms with van der Waals surface area (Å²) in [5.74, 6) is 0.485. The minimum absolute atomic E-state index is 0.0965. The highest BCUT2D eigenvalue weighted by molar-refractivity contribution is 5.82. The fraction of sp³-hybridized carbons (Fsp3) is 0.680. The number of morpholine rings is 1. The maximum atomic E-state index is 12.8. The van der Waals surface area contributed by atoms with Crippen molar-refractivity contribution >= 4 is 11.9 Å². The van der Waals surface area contributed by atoms with Gasteiger partial charge in [-0.1, -0.05) is 30.3 Å². The first kappa shape index (κ1) is 23.1. The Labute approximate surface area is 191 Å². The largest absolute Gasteiger partial charge is 0.376 e. The summed E-state index contributed by atoms with van der Waals surface area (Å²) in [6.45, 7) is 5.73. The molecule has 2 saturated heterocycles. The fourth-order valence-electron chi connectivity index (χ4n) is 5.49. The SMILES string of the molecule is CCNC(=O)N1CCC[C@@]2(COC(C)C(=O)N2)[C@@H]1CO[C@H]1CC[C@@H](c2ccccc2)CC1. The maximum Gasteiger partial charge on any atom is 0.317 e. The second-order valence-electron chi connectivity index (χ2n) is 9.46. The van der Waals surface area contributed by atoms with E-state index in [4.69, 9.17) is 9.47 Å². The van der Waals surface area contributed by atoms with E-state index >= 15 is 0 Å². The molecule has 1 spiro atoms. The van der Waals surface area contributed by atoms with E-state index in [0.29, 0.717) is 32.2 Å². The molecule has 7 nitrogen and oxygen atoms in total. The van der Waals surface area contributed by atoms with Gasteiger partial charge >= 0.3 is 6.03 Å². The number of hydrogen-bond acceptors (Lipinski definition) is 4. The van der Waals surface area contributed by atoms with Crippen molar-refractivity contribution in [3.63, 3.8) is 0 Å². The van der Waals surface area contributed by atoms with E-state index in [1.807, 2.05) is 11.8 Å². The van der Waals surface area contributed by atoms with Crippen molar-refractivity contribution in [2.45, 2.75) is 82.1 Å². The lowest BCUT2D eigenvalue weighted by Crippen LogP contribution is -2.73. The topological polar surface area (TPSA) is 79.9 Å². The predicted octanol–water partition coefficient (Wildman–Crippen LogP) is 3.20. The van der Waals surface area contributed by atoms with E-state index in [-0.39, 0.29) is 24.1 Å². The van der Waals surface area contributed by atoms with Crippen LogP contribution in [-0.2, 0) is 14.3 Å². The number of ether oxygens (including phenoxy) is 2. The van der Waals surface area contributed by atoms with Crippen LogP contribution in [0.1, 0.15) is 63.9 Å². The Kier molecular flexibility index (Phi) is 7.36. The Hall–Kier alpha value is -2.12. The van der Waals surface area contributed by atoms with Gasteiger partial charge in [0.15, 0.2) is 0 Å². The van der Waals surface area contributed by atoms with Crippen molar-refractivity contribution in [1.29, 1.82) is 0 Å². The Morgan fingerprint density at radius 3 is 2.69 bits per heavy atom. The quantitative estimate of drug-likeness (QED) is 0.733. The summed E-state index contributed by atoms with van der Waals surface area (Å²) < 4.78 is 12.3. The molecule has 3 amide bonds. The molecule has 1 unspecified atom stereocenters. The summed E-state index contributed by atoms with van der Waals surface area (Å²) in [6, 6.07) is 10.4. The molecule has 32 heavy (non-hydrogen) atoms. The van der Waals surface area contributed by atoms with E-state index in [0.717, 1.165) is 38.5 Å². The first-order chi connectivity index (χ1) is 15.5. The zero-order valence-corrected chi connectivity index (χ0v) is 19.3. The molecule has 3 atom stereocenters. The number of benzene rings is 1. The highest BCUT2D eigenvalue weighted by atomic mass is 16.5. The van der Waals surface area contributed by atoms with Gasteiger partial charge in [-0.15, -0.1) is 0 Å². The molecular formula is C25H37N3O4. The molecule has 176 valence electrons. The molecule has 3 fully saturated rings. The van der Waals surface area contributed by atoms with E-state index < -0.39 is 11.6 Å². The van der Waals surface area contributed by atoms with Crippen molar-refractivity contribution in [2.24, 2.45) is 0 Å². The lowest BCUT2D eigenvalue weighted by molar-refractivity contribution is -0.153. The Morgan fingerprint density at radius 2 is 2.00 bits per heavy atom. The number of nitrogens with zero attached hydrogens (tertiary/aromatic N) is 1. The van der Waals surface area contributed by atoms with E-state index in [2.05, 4.69) is 41.0 Å². The van der Waals surface area contributed by atoms with Crippen LogP contribution in [0, 0.1) is 0 Å². The first-order valence-electron chi connectivity index (χ1n) is 12.2. The third-order valence-corrected chi connectivity index (χ3v) is 7.39. The molecule has 0 radical (unpaired) electrons. The molecule has 2 heterocycles. The summed E-state index contributed by atoms with van der Waals surface area (Å²) >= 11 is 0. The number of nitrogens with one attached hydrogen (secondary N) is 2. The molecule has 4 rings (SSSR count). The first-order valence-corrected chi connectivity index (χ1v) is 12.2. The molecule has 1 aromatic carbocycles. The van der Waals surface area contributed by atoms with Gasteiger partial charge in [-0.2, -0.15) is 0 Å². The summed E-state index contributed by atoms with van der Waals surface area (Å²) in [4.78, 5) is 27.2. The highest BCUT2D eigenvalue weighted by Crippen LogP contribution is 2.36. The smallest absolute Gasteiger partial charge is 0.317 e. The molecule has 1 aromatic rings. The minimum Gasteiger partial charge on any atom is -0.376 e. The Bertz CT molecular complexity index is 781. The van der Waals surface area contributed by atoms with E-state index in [9.17, 15) is 9.59 Å². The summed E-state index contributed by atoms with van der Waals surface area (Å²) in [7, 11) is 0. The van der Waals surface area contributed by atoms with Crippen LogP contribution in [0.3, 0.4) is 0 Å². The van der Waals surface area contributed by atoms with Gasteiger partial charge in [0.25, 0.3) is 0 Å². The lowest BCUT2D eigenvalue weighted by atomic mass is 9.80. The summed E-state index contributed by atoms with van der Waals surface area (Å²) in [5.41, 5.74) is 0.824. The highest BCUT2D eigenvalue weighted by Gasteiger charge is 2.50. The Morgan fingerprint density at radius 1 is 1.25 bits per heavy atom. The number of carbonyl (C=O) groups is 2. The number of likely N-dealkylation sites (tertiary alicyclic amines) is 1. The average molecular weight is 444 g/mol. The van der Waals surface area contributed by atoms with Gasteiger partial charge in [0, 0.05) is 13.1 Å². The molecular weight excluding hydrogens is 406 g/mol. The van der Waals surface area contributed by atoms with Gasteiger partial charge in [-0.05, 0) is 63.9 Å². The zero-order valence-electron chi connectivity index (χ0n) is 19.3. The predicted molar refractivity (Wildman–Crippen MR) is 122 cm³/mol. The van der Waals surface area contributed by atoms with Crippen LogP contribution < -0.4 is 10.6 Å². The molecule has 2 aliphatic heterocycles. The van der Waals surface area contributed by atoms with Crippen LogP contribution in [0.2, 0.25) is 0 Å². The molecule has 0 aromatic heterocycles. The standard InChI is InChI=1S/C25H37N3O4/c1-3-26-24(30)28-15-7-14-25(17-32-18(2)23(29)27-25)22(28)16-31-21-12-10-20(11-13-21)19-8-5-4-6-9-19/h4-6,8-9,18,20-22H,3,7,10-17H2,1-2H3,(H,26,30)(H,27,29)/t18?,20-,21+,22-,25+/m0/s1. The van der Waals surface area contributed by atoms with Crippen molar-refractivity contribution in [1.82, 2.24) is 15.5 Å². The van der Waals surface area contributed by atoms with Crippen LogP contribution in [0.15, 0.2) is 30.3 Å². The van der Waals surface area contributed by atoms with Crippen LogP contribution in [0.5, 0.6) is 0 Å². The van der Waals surface area contributed by atoms with Crippen LogP contribution >= 0.6 is 0 Å². The molecule has 2 N–H and O–H groups in total. The van der Waals surface area contributed by atoms with Crippen LogP contribution in [0.4, 0.5) is 4.79 Å². The van der Waals surface area contributed by atoms with Gasteiger partial charge < -0.3 is 25.0 Å². The van der Waals surface area contributed by atoms with Gasteiger partial charge in [0.1, 0.15) is 6.10 Å². The monoisotopic (exact) mass is 443 g/mol. The number of carbonyl (C=O) groups excluding carboxylic acids is 2. The van der Waals surface area contributed by atoms with Crippen molar-refractivity contribution in [2.75, 3.05) is 26.3 Å². The number of rotatable bonds is 5. The molecule has 7 heteroatoms. The average Bonchev–Trinajstić information content (AvgIpc) is 2.82. The molecule has 3 aliphatic rings. The van der Waals surface area contributed by atoms with Crippen LogP contribution in [0.25, 0.3) is 0 Å². The normalized spacial score (nSPS) is 33.1. The van der Waals surface area contributed by atoms with Gasteiger partial charge in [-0.25, -0.2) is 4.79 Å². The van der Waals surface area contributed by atoms with Gasteiger partial charge in [-0.3, -0.25) is 4.79 Å². The zero-order chi connectivity index (χ0) is 22.6. The number of amides is 3. The van der Waals surface area contributed by atoms with Crippen molar-refractivity contribution < 1.29 is 19.1 Å². The van der Waals surface area contributed by atoms with Gasteiger partial charge in [0.05, 0.1) is 30.9 Å². The Balaban J connectivity index is 1.42. The van der Waals surface area contributed by atoms with Crippen molar-refractivity contribution in [3.05, 3.63) is 35.9 Å². The second kappa shape index (κ2) is 10.2.